The van der Waals surface area contributed by atoms with Gasteiger partial charge in [0, 0.05) is 6.04 Å². The molecule has 0 aromatic rings. The summed E-state index contributed by atoms with van der Waals surface area (Å²) in [5, 5.41) is 10.8. The molecule has 2 rings (SSSR count). The molecule has 2 aliphatic rings. The molecule has 0 heterocycles. The maximum Gasteiger partial charge on any atom is 0.471 e. The van der Waals surface area contributed by atoms with E-state index in [-0.39, 0.29) is 17.8 Å². The fourth-order valence-electron chi connectivity index (χ4n) is 2.98. The Kier molecular flexibility index (Phi) is 3.73. The van der Waals surface area contributed by atoms with Gasteiger partial charge in [-0.05, 0) is 43.9 Å². The number of aliphatic carboxylic acids is 1. The van der Waals surface area contributed by atoms with Crippen molar-refractivity contribution in [3.05, 3.63) is 0 Å². The Bertz CT molecular complexity index is 375. The maximum absolute atomic E-state index is 12.1. The number of carbonyl (C=O) groups is 2. The van der Waals surface area contributed by atoms with Crippen LogP contribution in [0, 0.1) is 17.8 Å². The largest absolute Gasteiger partial charge is 0.481 e. The third-order valence-corrected chi connectivity index (χ3v) is 4.13. The van der Waals surface area contributed by atoms with E-state index < -0.39 is 24.1 Å². The Morgan fingerprint density at radius 2 is 1.68 bits per heavy atom. The Morgan fingerprint density at radius 1 is 1.11 bits per heavy atom. The van der Waals surface area contributed by atoms with Crippen molar-refractivity contribution in [1.29, 1.82) is 0 Å². The molecule has 0 aliphatic heterocycles. The number of hydrogen-bond donors (Lipinski definition) is 2. The number of hydrogen-bond acceptors (Lipinski definition) is 2. The van der Waals surface area contributed by atoms with Crippen LogP contribution in [-0.4, -0.2) is 29.2 Å². The third-order valence-electron chi connectivity index (χ3n) is 4.13. The van der Waals surface area contributed by atoms with Gasteiger partial charge >= 0.3 is 18.1 Å². The van der Waals surface area contributed by atoms with Crippen LogP contribution in [-0.2, 0) is 9.59 Å². The zero-order chi connectivity index (χ0) is 14.2. The molecule has 0 saturated heterocycles. The number of halogens is 3. The van der Waals surface area contributed by atoms with Gasteiger partial charge in [0.15, 0.2) is 0 Å². The molecule has 0 radical (unpaired) electrons. The summed E-state index contributed by atoms with van der Waals surface area (Å²) >= 11 is 0. The lowest BCUT2D eigenvalue weighted by molar-refractivity contribution is -0.174. The highest BCUT2D eigenvalue weighted by molar-refractivity contribution is 5.81. The predicted molar refractivity (Wildman–Crippen MR) is 59.2 cm³/mol. The van der Waals surface area contributed by atoms with E-state index in [0.717, 1.165) is 0 Å². The summed E-state index contributed by atoms with van der Waals surface area (Å²) in [4.78, 5) is 21.5. The van der Waals surface area contributed by atoms with E-state index in [1.54, 1.807) is 0 Å². The third kappa shape index (κ3) is 3.39. The summed E-state index contributed by atoms with van der Waals surface area (Å²) in [6.07, 6.45) is -1.78. The van der Waals surface area contributed by atoms with Crippen LogP contribution in [0.15, 0.2) is 0 Å². The standard InChI is InChI=1S/C12H16F3NO3/c13-12(14,15)11(19)16-7-3-1-6(2-4-7)8-5-9(8)10(17)18/h6-9H,1-5H2,(H,16,19)(H,17,18)/t6?,7?,8-,9+/m0/s1. The zero-order valence-corrected chi connectivity index (χ0v) is 10.2. The van der Waals surface area contributed by atoms with Crippen molar-refractivity contribution in [2.24, 2.45) is 17.8 Å². The molecule has 0 aromatic carbocycles. The first kappa shape index (κ1) is 14.1. The minimum absolute atomic E-state index is 0.178. The van der Waals surface area contributed by atoms with Gasteiger partial charge in [0.1, 0.15) is 0 Å². The average molecular weight is 279 g/mol. The van der Waals surface area contributed by atoms with Crippen molar-refractivity contribution in [3.63, 3.8) is 0 Å². The smallest absolute Gasteiger partial charge is 0.471 e. The van der Waals surface area contributed by atoms with Gasteiger partial charge in [-0.1, -0.05) is 0 Å². The molecule has 2 N–H and O–H groups in total. The molecule has 0 aromatic heterocycles. The molecule has 19 heavy (non-hydrogen) atoms. The summed E-state index contributed by atoms with van der Waals surface area (Å²) < 4.78 is 36.2. The van der Waals surface area contributed by atoms with Crippen LogP contribution >= 0.6 is 0 Å². The van der Waals surface area contributed by atoms with Crippen LogP contribution in [0.3, 0.4) is 0 Å². The number of alkyl halides is 3. The van der Waals surface area contributed by atoms with Crippen LogP contribution < -0.4 is 5.32 Å². The van der Waals surface area contributed by atoms with Crippen LogP contribution in [0.4, 0.5) is 13.2 Å². The highest BCUT2D eigenvalue weighted by Gasteiger charge is 2.48. The monoisotopic (exact) mass is 279 g/mol. The van der Waals surface area contributed by atoms with Crippen molar-refractivity contribution in [2.45, 2.75) is 44.3 Å². The quantitative estimate of drug-likeness (QED) is 0.829. The van der Waals surface area contributed by atoms with Gasteiger partial charge in [0.2, 0.25) is 0 Å². The average Bonchev–Trinajstić information content (AvgIpc) is 3.08. The second kappa shape index (κ2) is 5.02. The molecule has 0 bridgehead atoms. The first-order chi connectivity index (χ1) is 8.79. The summed E-state index contributed by atoms with van der Waals surface area (Å²) in [6, 6.07) is -0.438. The fourth-order valence-corrected chi connectivity index (χ4v) is 2.98. The molecule has 2 fully saturated rings. The molecule has 4 nitrogen and oxygen atoms in total. The second-order valence-corrected chi connectivity index (χ2v) is 5.43. The Morgan fingerprint density at radius 3 is 2.11 bits per heavy atom. The molecule has 2 saturated carbocycles. The van der Waals surface area contributed by atoms with E-state index >= 15 is 0 Å². The summed E-state index contributed by atoms with van der Waals surface area (Å²) in [5.41, 5.74) is 0. The van der Waals surface area contributed by atoms with Crippen molar-refractivity contribution in [2.75, 3.05) is 0 Å². The predicted octanol–water partition coefficient (Wildman–Crippen LogP) is 1.94. The number of amides is 1. The maximum atomic E-state index is 12.1. The minimum atomic E-state index is -4.83. The van der Waals surface area contributed by atoms with Gasteiger partial charge in [-0.3, -0.25) is 9.59 Å². The molecule has 2 atom stereocenters. The fraction of sp³-hybridized carbons (Fsp3) is 0.833. The molecule has 7 heteroatoms. The van der Waals surface area contributed by atoms with Crippen molar-refractivity contribution in [3.8, 4) is 0 Å². The van der Waals surface area contributed by atoms with Crippen molar-refractivity contribution >= 4 is 11.9 Å². The van der Waals surface area contributed by atoms with Gasteiger partial charge < -0.3 is 10.4 Å². The van der Waals surface area contributed by atoms with Crippen LogP contribution in [0.5, 0.6) is 0 Å². The Labute approximate surface area is 108 Å². The SMILES string of the molecule is O=C(O)[C@@H]1C[C@H]1C1CCC(NC(=O)C(F)(F)F)CC1. The second-order valence-electron chi connectivity index (χ2n) is 5.43. The van der Waals surface area contributed by atoms with Gasteiger partial charge in [-0.15, -0.1) is 0 Å². The van der Waals surface area contributed by atoms with E-state index in [0.29, 0.717) is 32.1 Å². The van der Waals surface area contributed by atoms with E-state index in [2.05, 4.69) is 0 Å². The first-order valence-corrected chi connectivity index (χ1v) is 6.39. The number of carbonyl (C=O) groups excluding carboxylic acids is 1. The molecule has 2 aliphatic carbocycles. The van der Waals surface area contributed by atoms with Crippen LogP contribution in [0.2, 0.25) is 0 Å². The molecule has 108 valence electrons. The number of carboxylic acid groups (broad SMARTS) is 1. The summed E-state index contributed by atoms with van der Waals surface area (Å²) in [6.45, 7) is 0. The molecular formula is C12H16F3NO3. The lowest BCUT2D eigenvalue weighted by atomic mass is 9.82. The topological polar surface area (TPSA) is 66.4 Å². The highest BCUT2D eigenvalue weighted by Crippen LogP contribution is 2.49. The Balaban J connectivity index is 1.75. The van der Waals surface area contributed by atoms with Crippen LogP contribution in [0.1, 0.15) is 32.1 Å². The van der Waals surface area contributed by atoms with Crippen molar-refractivity contribution in [1.82, 2.24) is 5.32 Å². The minimum Gasteiger partial charge on any atom is -0.481 e. The van der Waals surface area contributed by atoms with Crippen molar-refractivity contribution < 1.29 is 27.9 Å². The molecule has 0 unspecified atom stereocenters. The number of rotatable bonds is 3. The lowest BCUT2D eigenvalue weighted by Gasteiger charge is -2.29. The van der Waals surface area contributed by atoms with Gasteiger partial charge in [-0.2, -0.15) is 13.2 Å². The first-order valence-electron chi connectivity index (χ1n) is 6.39. The lowest BCUT2D eigenvalue weighted by Crippen LogP contribution is -2.44. The van der Waals surface area contributed by atoms with E-state index in [9.17, 15) is 22.8 Å². The normalized spacial score (nSPS) is 34.7. The molecule has 0 spiro atoms. The van der Waals surface area contributed by atoms with Gasteiger partial charge in [0.25, 0.3) is 0 Å². The molecule has 1 amide bonds. The van der Waals surface area contributed by atoms with E-state index in [4.69, 9.17) is 5.11 Å². The number of carboxylic acids is 1. The Hall–Kier alpha value is -1.27. The highest BCUT2D eigenvalue weighted by atomic mass is 19.4. The zero-order valence-electron chi connectivity index (χ0n) is 10.2. The summed E-state index contributed by atoms with van der Waals surface area (Å²) in [5.74, 6) is -2.48. The van der Waals surface area contributed by atoms with E-state index in [1.165, 1.54) is 0 Å². The number of nitrogens with one attached hydrogen (secondary N) is 1. The van der Waals surface area contributed by atoms with E-state index in [1.807, 2.05) is 5.32 Å². The van der Waals surface area contributed by atoms with Gasteiger partial charge in [0.05, 0.1) is 5.92 Å². The molecular weight excluding hydrogens is 263 g/mol. The van der Waals surface area contributed by atoms with Crippen LogP contribution in [0.25, 0.3) is 0 Å². The van der Waals surface area contributed by atoms with Gasteiger partial charge in [-0.25, -0.2) is 0 Å². The summed E-state index contributed by atoms with van der Waals surface area (Å²) in [7, 11) is 0.